The minimum absolute atomic E-state index is 0.00908. The lowest BCUT2D eigenvalue weighted by Gasteiger charge is -2.35. The number of hydrogen-bond acceptors (Lipinski definition) is 7. The van der Waals surface area contributed by atoms with Gasteiger partial charge in [0.1, 0.15) is 5.82 Å². The molecule has 1 atom stereocenters. The smallest absolute Gasteiger partial charge is 0.227 e. The third kappa shape index (κ3) is 5.22. The molecule has 1 unspecified atom stereocenters. The summed E-state index contributed by atoms with van der Waals surface area (Å²) in [4.78, 5) is 11.3. The minimum atomic E-state index is -3.27. The molecule has 0 bridgehead atoms. The molecule has 9 nitrogen and oxygen atoms in total. The normalized spacial score (nSPS) is 25.6. The van der Waals surface area contributed by atoms with Crippen molar-refractivity contribution in [2.24, 2.45) is 0 Å². The molecule has 3 N–H and O–H groups in total. The molecular formula is C23H33N7O2S. The Morgan fingerprint density at radius 2 is 1.91 bits per heavy atom. The van der Waals surface area contributed by atoms with Gasteiger partial charge in [-0.3, -0.25) is 5.10 Å². The fourth-order valence-electron chi connectivity index (χ4n) is 4.89. The number of nitrogens with one attached hydrogen (secondary N) is 3. The van der Waals surface area contributed by atoms with E-state index < -0.39 is 10.0 Å². The Morgan fingerprint density at radius 1 is 1.12 bits per heavy atom. The van der Waals surface area contributed by atoms with Crippen LogP contribution >= 0.6 is 0 Å². The van der Waals surface area contributed by atoms with Gasteiger partial charge in [-0.2, -0.15) is 10.1 Å². The van der Waals surface area contributed by atoms with Crippen LogP contribution in [0.1, 0.15) is 69.9 Å². The van der Waals surface area contributed by atoms with E-state index in [4.69, 9.17) is 0 Å². The van der Waals surface area contributed by atoms with Gasteiger partial charge in [-0.05, 0) is 64.4 Å². The second kappa shape index (κ2) is 9.06. The van der Waals surface area contributed by atoms with Crippen molar-refractivity contribution in [1.29, 1.82) is 0 Å². The molecule has 2 fully saturated rings. The van der Waals surface area contributed by atoms with Crippen LogP contribution in [0.5, 0.6) is 0 Å². The van der Waals surface area contributed by atoms with Gasteiger partial charge in [0.05, 0.1) is 5.25 Å². The Kier molecular flexibility index (Phi) is 6.13. The third-order valence-corrected chi connectivity index (χ3v) is 9.02. The topological polar surface area (TPSA) is 116 Å². The summed E-state index contributed by atoms with van der Waals surface area (Å²) < 4.78 is 28.4. The molecule has 0 aliphatic heterocycles. The average molecular weight is 472 g/mol. The molecule has 33 heavy (non-hydrogen) atoms. The predicted octanol–water partition coefficient (Wildman–Crippen LogP) is 3.60. The Labute approximate surface area is 195 Å². The van der Waals surface area contributed by atoms with E-state index in [0.717, 1.165) is 31.5 Å². The second-order valence-corrected chi connectivity index (χ2v) is 11.7. The zero-order valence-electron chi connectivity index (χ0n) is 19.3. The van der Waals surface area contributed by atoms with Crippen LogP contribution in [0.25, 0.3) is 0 Å². The number of hydrogen-bond donors (Lipinski definition) is 3. The van der Waals surface area contributed by atoms with Crippen molar-refractivity contribution in [3.8, 4) is 0 Å². The molecule has 2 saturated carbocycles. The molecule has 2 aromatic heterocycles. The van der Waals surface area contributed by atoms with E-state index in [0.29, 0.717) is 30.5 Å². The lowest BCUT2D eigenvalue weighted by atomic mass is 9.91. The average Bonchev–Trinajstić information content (AvgIpc) is 3.38. The summed E-state index contributed by atoms with van der Waals surface area (Å²) in [6.45, 7) is 2.00. The fourth-order valence-corrected chi connectivity index (χ4v) is 6.62. The van der Waals surface area contributed by atoms with Crippen molar-refractivity contribution in [2.45, 2.75) is 81.5 Å². The number of nitrogens with zero attached hydrogens (tertiary/aromatic N) is 4. The third-order valence-electron chi connectivity index (χ3n) is 7.12. The highest BCUT2D eigenvalue weighted by atomic mass is 32.2. The zero-order chi connectivity index (χ0) is 23.0. The molecule has 0 saturated heterocycles. The fraction of sp³-hybridized carbons (Fsp3) is 0.609. The summed E-state index contributed by atoms with van der Waals surface area (Å²) in [6.07, 6.45) is 11.0. The first-order valence-electron chi connectivity index (χ1n) is 11.9. The number of rotatable bonds is 8. The van der Waals surface area contributed by atoms with Gasteiger partial charge in [0.25, 0.3) is 0 Å². The molecular weight excluding hydrogens is 438 g/mol. The molecule has 2 aromatic rings. The van der Waals surface area contributed by atoms with Gasteiger partial charge in [-0.25, -0.2) is 18.1 Å². The van der Waals surface area contributed by atoms with Gasteiger partial charge in [0, 0.05) is 43.0 Å². The standard InChI is InChI=1S/C23H33N7O2S/c1-15-3-10-19(13-15)33(31,32)29-17-6-8-18(9-7-17)30(2)23-24-12-11-21(26-23)25-22-14-20(27-28-22)16-4-5-16/h3,11-12,14,16-19,29H,4-10,13H2,1-2H3,(H2,24,25,26,27,28). The Bertz CT molecular complexity index is 1120. The van der Waals surface area contributed by atoms with Crippen molar-refractivity contribution in [1.82, 2.24) is 24.9 Å². The van der Waals surface area contributed by atoms with Gasteiger partial charge >= 0.3 is 0 Å². The van der Waals surface area contributed by atoms with Crippen LogP contribution in [0.15, 0.2) is 30.0 Å². The molecule has 3 aliphatic rings. The van der Waals surface area contributed by atoms with Gasteiger partial charge in [0.2, 0.25) is 16.0 Å². The zero-order valence-corrected chi connectivity index (χ0v) is 20.1. The number of aromatic nitrogens is 4. The van der Waals surface area contributed by atoms with E-state index >= 15 is 0 Å². The van der Waals surface area contributed by atoms with E-state index in [1.807, 2.05) is 26.1 Å². The van der Waals surface area contributed by atoms with Gasteiger partial charge in [-0.1, -0.05) is 11.6 Å². The number of H-pyrrole nitrogens is 1. The lowest BCUT2D eigenvalue weighted by Crippen LogP contribution is -2.45. The highest BCUT2D eigenvalue weighted by molar-refractivity contribution is 7.90. The molecule has 0 aromatic carbocycles. The maximum absolute atomic E-state index is 12.7. The van der Waals surface area contributed by atoms with Crippen molar-refractivity contribution in [3.05, 3.63) is 35.7 Å². The van der Waals surface area contributed by atoms with Crippen LogP contribution < -0.4 is 14.9 Å². The van der Waals surface area contributed by atoms with E-state index in [9.17, 15) is 8.42 Å². The van der Waals surface area contributed by atoms with Gasteiger partial charge in [-0.15, -0.1) is 0 Å². The highest BCUT2D eigenvalue weighted by Crippen LogP contribution is 2.39. The largest absolute Gasteiger partial charge is 0.341 e. The SMILES string of the molecule is CC1=CCC(S(=O)(=O)NC2CCC(N(C)c3nccc(Nc4cc(C5CC5)[nH]n4)n3)CC2)C1. The first-order valence-corrected chi connectivity index (χ1v) is 13.5. The molecule has 2 heterocycles. The minimum Gasteiger partial charge on any atom is -0.341 e. The molecule has 10 heteroatoms. The molecule has 178 valence electrons. The summed E-state index contributed by atoms with van der Waals surface area (Å²) in [7, 11) is -1.26. The summed E-state index contributed by atoms with van der Waals surface area (Å²) >= 11 is 0. The van der Waals surface area contributed by atoms with Crippen molar-refractivity contribution in [3.63, 3.8) is 0 Å². The molecule has 5 rings (SSSR count). The van der Waals surface area contributed by atoms with Crippen LogP contribution in [0.3, 0.4) is 0 Å². The maximum atomic E-state index is 12.7. The quantitative estimate of drug-likeness (QED) is 0.504. The van der Waals surface area contributed by atoms with E-state index in [2.05, 4.69) is 41.2 Å². The molecule has 0 amide bonds. The van der Waals surface area contributed by atoms with Crippen LogP contribution in [-0.2, 0) is 10.0 Å². The van der Waals surface area contributed by atoms with Gasteiger partial charge < -0.3 is 10.2 Å². The van der Waals surface area contributed by atoms with Crippen molar-refractivity contribution < 1.29 is 8.42 Å². The van der Waals surface area contributed by atoms with E-state index in [1.54, 1.807) is 6.20 Å². The Balaban J connectivity index is 1.15. The number of anilines is 3. The van der Waals surface area contributed by atoms with Crippen LogP contribution in [0.4, 0.5) is 17.6 Å². The van der Waals surface area contributed by atoms with Crippen LogP contribution in [-0.4, -0.2) is 53.0 Å². The Morgan fingerprint density at radius 3 is 2.61 bits per heavy atom. The van der Waals surface area contributed by atoms with E-state index in [1.165, 1.54) is 24.1 Å². The number of allylic oxidation sites excluding steroid dienone is 2. The lowest BCUT2D eigenvalue weighted by molar-refractivity contribution is 0.362. The maximum Gasteiger partial charge on any atom is 0.227 e. The Hall–Kier alpha value is -2.46. The van der Waals surface area contributed by atoms with E-state index in [-0.39, 0.29) is 17.3 Å². The number of aromatic amines is 1. The summed E-state index contributed by atoms with van der Waals surface area (Å²) in [5, 5.41) is 10.4. The second-order valence-electron chi connectivity index (χ2n) is 9.74. The summed E-state index contributed by atoms with van der Waals surface area (Å²) in [5.41, 5.74) is 2.35. The highest BCUT2D eigenvalue weighted by Gasteiger charge is 2.33. The molecule has 0 spiro atoms. The summed E-state index contributed by atoms with van der Waals surface area (Å²) in [5.74, 6) is 2.76. The number of sulfonamides is 1. The van der Waals surface area contributed by atoms with Crippen molar-refractivity contribution >= 4 is 27.6 Å². The first-order chi connectivity index (χ1) is 15.9. The first kappa shape index (κ1) is 22.3. The van der Waals surface area contributed by atoms with Crippen LogP contribution in [0.2, 0.25) is 0 Å². The molecule has 0 radical (unpaired) electrons. The predicted molar refractivity (Wildman–Crippen MR) is 129 cm³/mol. The van der Waals surface area contributed by atoms with Gasteiger partial charge in [0.15, 0.2) is 5.82 Å². The van der Waals surface area contributed by atoms with Crippen LogP contribution in [0, 0.1) is 0 Å². The monoisotopic (exact) mass is 471 g/mol. The summed E-state index contributed by atoms with van der Waals surface area (Å²) in [6, 6.07) is 4.18. The molecule has 3 aliphatic carbocycles. The van der Waals surface area contributed by atoms with Crippen molar-refractivity contribution in [2.75, 3.05) is 17.3 Å².